The summed E-state index contributed by atoms with van der Waals surface area (Å²) >= 11 is 0. The first kappa shape index (κ1) is 29.3. The van der Waals surface area contributed by atoms with E-state index in [-0.39, 0.29) is 40.8 Å². The number of rotatable bonds is 7. The van der Waals surface area contributed by atoms with Gasteiger partial charge in [0.15, 0.2) is 5.82 Å². The summed E-state index contributed by atoms with van der Waals surface area (Å²) in [6.07, 6.45) is 3.66. The van der Waals surface area contributed by atoms with Crippen molar-refractivity contribution in [1.29, 1.82) is 0 Å². The highest BCUT2D eigenvalue weighted by Crippen LogP contribution is 2.38. The van der Waals surface area contributed by atoms with E-state index in [2.05, 4.69) is 60.4 Å². The number of pyridine rings is 1. The second-order valence-corrected chi connectivity index (χ2v) is 12.9. The molecule has 0 saturated carbocycles. The van der Waals surface area contributed by atoms with Crippen molar-refractivity contribution in [2.45, 2.75) is 90.3 Å². The number of nitrogens with zero attached hydrogens (tertiary/aromatic N) is 3. The molecule has 0 spiro atoms. The molecular formula is C31H41N5O4. The zero-order valence-electron chi connectivity index (χ0n) is 24.8. The molecule has 0 atom stereocenters. The van der Waals surface area contributed by atoms with E-state index in [9.17, 15) is 9.59 Å². The van der Waals surface area contributed by atoms with Gasteiger partial charge in [-0.1, -0.05) is 38.1 Å². The van der Waals surface area contributed by atoms with Gasteiger partial charge in [-0.25, -0.2) is 4.98 Å². The summed E-state index contributed by atoms with van der Waals surface area (Å²) in [7, 11) is 2.16. The van der Waals surface area contributed by atoms with Crippen molar-refractivity contribution in [3.8, 4) is 5.75 Å². The standard InChI is InChI=1S/C31H41N5O4/c1-29(2,3)25-16-26(35-40-25)34-27(37)15-20-9-11-21(12-10-20)33-28(38)24-14-13-22(19-32-24)39-23-17-30(4,5)36(8)31(6,7)18-23/h9-14,16,19,23H,15,17-18H2,1-8H3,(H,33,38)(H,34,35,37). The van der Waals surface area contributed by atoms with Crippen molar-refractivity contribution in [1.82, 2.24) is 15.0 Å². The number of aromatic nitrogens is 2. The zero-order valence-corrected chi connectivity index (χ0v) is 24.8. The lowest BCUT2D eigenvalue weighted by molar-refractivity contribution is -0.115. The monoisotopic (exact) mass is 547 g/mol. The van der Waals surface area contributed by atoms with Gasteiger partial charge < -0.3 is 19.9 Å². The van der Waals surface area contributed by atoms with Crippen molar-refractivity contribution in [2.75, 3.05) is 17.7 Å². The number of amides is 2. The third-order valence-electron chi connectivity index (χ3n) is 7.64. The Hall–Kier alpha value is -3.72. The first-order chi connectivity index (χ1) is 18.6. The molecule has 0 bridgehead atoms. The minimum atomic E-state index is -0.320. The largest absolute Gasteiger partial charge is 0.489 e. The molecule has 0 unspecified atom stereocenters. The Kier molecular flexibility index (Phi) is 8.08. The van der Waals surface area contributed by atoms with Crippen LogP contribution in [0.25, 0.3) is 0 Å². The van der Waals surface area contributed by atoms with E-state index < -0.39 is 0 Å². The van der Waals surface area contributed by atoms with Crippen LogP contribution in [0.4, 0.5) is 11.5 Å². The molecule has 2 N–H and O–H groups in total. The lowest BCUT2D eigenvalue weighted by atomic mass is 9.79. The van der Waals surface area contributed by atoms with Crippen molar-refractivity contribution >= 4 is 23.3 Å². The summed E-state index contributed by atoms with van der Waals surface area (Å²) in [5, 5.41) is 9.53. The molecule has 0 aliphatic carbocycles. The molecule has 1 saturated heterocycles. The number of anilines is 2. The van der Waals surface area contributed by atoms with E-state index in [0.29, 0.717) is 28.7 Å². The second kappa shape index (κ2) is 11.0. The van der Waals surface area contributed by atoms with Gasteiger partial charge in [0.25, 0.3) is 5.91 Å². The molecule has 4 rings (SSSR count). The zero-order chi connectivity index (χ0) is 29.3. The maximum Gasteiger partial charge on any atom is 0.274 e. The van der Waals surface area contributed by atoms with Gasteiger partial charge in [0, 0.05) is 41.1 Å². The number of hydrogen-bond donors (Lipinski definition) is 2. The number of likely N-dealkylation sites (tertiary alicyclic amines) is 1. The van der Waals surface area contributed by atoms with E-state index in [1.807, 2.05) is 20.8 Å². The average Bonchev–Trinajstić information content (AvgIpc) is 3.33. The van der Waals surface area contributed by atoms with Gasteiger partial charge in [-0.3, -0.25) is 14.5 Å². The van der Waals surface area contributed by atoms with Crippen LogP contribution in [0.2, 0.25) is 0 Å². The third kappa shape index (κ3) is 7.07. The number of carbonyl (C=O) groups excluding carboxylic acids is 2. The maximum absolute atomic E-state index is 12.8. The first-order valence-electron chi connectivity index (χ1n) is 13.7. The van der Waals surface area contributed by atoms with Gasteiger partial charge >= 0.3 is 0 Å². The average molecular weight is 548 g/mol. The molecule has 1 aliphatic heterocycles. The molecule has 2 amide bonds. The number of carbonyl (C=O) groups is 2. The van der Waals surface area contributed by atoms with E-state index in [1.165, 1.54) is 0 Å². The smallest absolute Gasteiger partial charge is 0.274 e. The van der Waals surface area contributed by atoms with Crippen LogP contribution in [0.1, 0.15) is 83.1 Å². The second-order valence-electron chi connectivity index (χ2n) is 12.9. The Morgan fingerprint density at radius 3 is 2.23 bits per heavy atom. The van der Waals surface area contributed by atoms with Crippen LogP contribution in [0.5, 0.6) is 5.75 Å². The fourth-order valence-electron chi connectivity index (χ4n) is 5.10. The van der Waals surface area contributed by atoms with E-state index in [1.54, 1.807) is 48.7 Å². The Morgan fingerprint density at radius 1 is 1.02 bits per heavy atom. The molecule has 9 heteroatoms. The number of piperidine rings is 1. The lowest BCUT2D eigenvalue weighted by Crippen LogP contribution is -2.60. The molecule has 3 heterocycles. The van der Waals surface area contributed by atoms with Gasteiger partial charge in [-0.2, -0.15) is 0 Å². The SMILES string of the molecule is CN1C(C)(C)CC(Oc2ccc(C(=O)Nc3ccc(CC(=O)Nc4cc(C(C)(C)C)on4)cc3)nc2)CC1(C)C. The van der Waals surface area contributed by atoms with Crippen molar-refractivity contribution < 1.29 is 18.8 Å². The highest BCUT2D eigenvalue weighted by Gasteiger charge is 2.44. The van der Waals surface area contributed by atoms with Crippen LogP contribution in [-0.2, 0) is 16.6 Å². The van der Waals surface area contributed by atoms with E-state index in [4.69, 9.17) is 9.26 Å². The molecule has 1 aromatic carbocycles. The molecule has 40 heavy (non-hydrogen) atoms. The highest BCUT2D eigenvalue weighted by molar-refractivity contribution is 6.02. The summed E-state index contributed by atoms with van der Waals surface area (Å²) in [5.41, 5.74) is 1.55. The predicted molar refractivity (Wildman–Crippen MR) is 156 cm³/mol. The summed E-state index contributed by atoms with van der Waals surface area (Å²) in [6, 6.07) is 12.3. The molecule has 1 fully saturated rings. The molecule has 214 valence electrons. The normalized spacial score (nSPS) is 17.3. The number of nitrogens with one attached hydrogen (secondary N) is 2. The number of benzene rings is 1. The van der Waals surface area contributed by atoms with Crippen LogP contribution in [0.15, 0.2) is 53.2 Å². The lowest BCUT2D eigenvalue weighted by Gasteiger charge is -2.53. The van der Waals surface area contributed by atoms with Gasteiger partial charge in [0.05, 0.1) is 12.6 Å². The predicted octanol–water partition coefficient (Wildman–Crippen LogP) is 5.83. The molecule has 9 nitrogen and oxygen atoms in total. The summed E-state index contributed by atoms with van der Waals surface area (Å²) in [5.74, 6) is 1.22. The van der Waals surface area contributed by atoms with Crippen molar-refractivity contribution in [3.05, 3.63) is 65.7 Å². The molecule has 2 aromatic heterocycles. The molecule has 3 aromatic rings. The Balaban J connectivity index is 1.29. The topological polar surface area (TPSA) is 110 Å². The quantitative estimate of drug-likeness (QED) is 0.383. The van der Waals surface area contributed by atoms with Crippen LogP contribution in [0, 0.1) is 0 Å². The van der Waals surface area contributed by atoms with Gasteiger partial charge in [-0.05, 0) is 64.6 Å². The third-order valence-corrected chi connectivity index (χ3v) is 7.64. The van der Waals surface area contributed by atoms with Crippen molar-refractivity contribution in [2.24, 2.45) is 0 Å². The minimum Gasteiger partial charge on any atom is -0.489 e. The number of hydrogen-bond acceptors (Lipinski definition) is 7. The van der Waals surface area contributed by atoms with Gasteiger partial charge in [0.2, 0.25) is 5.91 Å². The van der Waals surface area contributed by atoms with Crippen LogP contribution in [0.3, 0.4) is 0 Å². The maximum atomic E-state index is 12.8. The Bertz CT molecular complexity index is 1320. The van der Waals surface area contributed by atoms with Crippen LogP contribution in [-0.4, -0.2) is 51.1 Å². The van der Waals surface area contributed by atoms with Gasteiger partial charge in [0.1, 0.15) is 23.3 Å². The first-order valence-corrected chi connectivity index (χ1v) is 13.7. The van der Waals surface area contributed by atoms with Gasteiger partial charge in [-0.15, -0.1) is 0 Å². The van der Waals surface area contributed by atoms with Crippen LogP contribution < -0.4 is 15.4 Å². The van der Waals surface area contributed by atoms with E-state index in [0.717, 1.165) is 18.4 Å². The Morgan fingerprint density at radius 2 is 1.68 bits per heavy atom. The fourth-order valence-corrected chi connectivity index (χ4v) is 5.10. The fraction of sp³-hybridized carbons (Fsp3) is 0.484. The molecule has 0 radical (unpaired) electrons. The van der Waals surface area contributed by atoms with Crippen LogP contribution >= 0.6 is 0 Å². The van der Waals surface area contributed by atoms with E-state index >= 15 is 0 Å². The molecular weight excluding hydrogens is 506 g/mol. The summed E-state index contributed by atoms with van der Waals surface area (Å²) in [6.45, 7) is 15.0. The Labute approximate surface area is 236 Å². The summed E-state index contributed by atoms with van der Waals surface area (Å²) in [4.78, 5) is 31.9. The number of ether oxygens (including phenoxy) is 1. The molecule has 1 aliphatic rings. The highest BCUT2D eigenvalue weighted by atomic mass is 16.5. The van der Waals surface area contributed by atoms with Crippen molar-refractivity contribution in [3.63, 3.8) is 0 Å². The summed E-state index contributed by atoms with van der Waals surface area (Å²) < 4.78 is 11.6. The minimum absolute atomic E-state index is 0.0201.